The van der Waals surface area contributed by atoms with Crippen LogP contribution in [0.2, 0.25) is 0 Å². The number of rotatable bonds is 3. The quantitative estimate of drug-likeness (QED) is 0.807. The second kappa shape index (κ2) is 5.25. The van der Waals surface area contributed by atoms with Gasteiger partial charge in [0, 0.05) is 12.4 Å². The van der Waals surface area contributed by atoms with Crippen LogP contribution in [0.4, 0.5) is 0 Å². The molecule has 0 amide bonds. The van der Waals surface area contributed by atoms with E-state index in [0.717, 1.165) is 5.56 Å². The highest BCUT2D eigenvalue weighted by atomic mass is 16.3. The molecule has 0 bridgehead atoms. The van der Waals surface area contributed by atoms with E-state index in [1.165, 1.54) is 6.08 Å². The van der Waals surface area contributed by atoms with E-state index in [9.17, 15) is 9.90 Å². The Morgan fingerprint density at radius 3 is 3.12 bits per heavy atom. The zero-order valence-corrected chi connectivity index (χ0v) is 9.34. The molecule has 3 heteroatoms. The number of aliphatic hydroxyl groups is 1. The number of ketones is 1. The molecule has 1 heterocycles. The van der Waals surface area contributed by atoms with Gasteiger partial charge in [0.25, 0.3) is 0 Å². The van der Waals surface area contributed by atoms with E-state index in [2.05, 4.69) is 4.98 Å². The predicted molar refractivity (Wildman–Crippen MR) is 65.5 cm³/mol. The molecule has 1 N–H and O–H groups in total. The molecular weight excluding hydrogens is 214 g/mol. The summed E-state index contributed by atoms with van der Waals surface area (Å²) in [5, 5.41) is 9.82. The van der Waals surface area contributed by atoms with Crippen molar-refractivity contribution in [3.63, 3.8) is 0 Å². The first-order chi connectivity index (χ1) is 8.27. The first-order valence-corrected chi connectivity index (χ1v) is 5.47. The summed E-state index contributed by atoms with van der Waals surface area (Å²) in [4.78, 5) is 15.5. The number of nitrogens with zero attached hydrogens (tertiary/aromatic N) is 1. The second-order valence-electron chi connectivity index (χ2n) is 3.77. The van der Waals surface area contributed by atoms with Crippen LogP contribution in [-0.2, 0) is 11.2 Å². The lowest BCUT2D eigenvalue weighted by molar-refractivity contribution is -0.111. The minimum Gasteiger partial charge on any atom is -0.508 e. The molecule has 0 fully saturated rings. The summed E-state index contributed by atoms with van der Waals surface area (Å²) in [7, 11) is 0. The number of hydrogen-bond donors (Lipinski definition) is 1. The van der Waals surface area contributed by atoms with Gasteiger partial charge in [0.05, 0.1) is 5.57 Å². The van der Waals surface area contributed by atoms with Crippen LogP contribution in [0.1, 0.15) is 12.0 Å². The fraction of sp³-hybridized carbons (Fsp3) is 0.143. The number of carbonyl (C=O) groups excluding carboxylic acids is 1. The van der Waals surface area contributed by atoms with Crippen molar-refractivity contribution >= 4 is 5.78 Å². The van der Waals surface area contributed by atoms with E-state index >= 15 is 0 Å². The van der Waals surface area contributed by atoms with Gasteiger partial charge in [-0.2, -0.15) is 0 Å². The molecule has 0 saturated heterocycles. The van der Waals surface area contributed by atoms with Crippen molar-refractivity contribution in [1.82, 2.24) is 4.98 Å². The Kier molecular flexibility index (Phi) is 3.50. The summed E-state index contributed by atoms with van der Waals surface area (Å²) in [6, 6.07) is 3.77. The van der Waals surface area contributed by atoms with Gasteiger partial charge < -0.3 is 5.11 Å². The maximum Gasteiger partial charge on any atom is 0.188 e. The largest absolute Gasteiger partial charge is 0.508 e. The van der Waals surface area contributed by atoms with E-state index in [1.807, 2.05) is 12.1 Å². The van der Waals surface area contributed by atoms with Gasteiger partial charge in [-0.25, -0.2) is 0 Å². The van der Waals surface area contributed by atoms with Crippen molar-refractivity contribution < 1.29 is 9.90 Å². The summed E-state index contributed by atoms with van der Waals surface area (Å²) in [6.45, 7) is 0. The molecule has 3 nitrogen and oxygen atoms in total. The molecule has 0 spiro atoms. The Hall–Kier alpha value is -2.16. The molecule has 0 unspecified atom stereocenters. The van der Waals surface area contributed by atoms with Crippen LogP contribution >= 0.6 is 0 Å². The lowest BCUT2D eigenvalue weighted by Crippen LogP contribution is -2.05. The maximum atomic E-state index is 11.5. The van der Waals surface area contributed by atoms with Crippen molar-refractivity contribution in [1.29, 1.82) is 0 Å². The molecule has 86 valence electrons. The topological polar surface area (TPSA) is 50.2 Å². The minimum atomic E-state index is -0.142. The normalized spacial score (nSPS) is 15.9. The first kappa shape index (κ1) is 11.3. The SMILES string of the molecule is O=C1C=CCC=C1/C(O)=C\Cc1cccnc1. The van der Waals surface area contributed by atoms with Gasteiger partial charge in [-0.05, 0) is 36.6 Å². The van der Waals surface area contributed by atoms with Crippen LogP contribution in [0.25, 0.3) is 0 Å². The molecule has 2 rings (SSSR count). The average molecular weight is 227 g/mol. The van der Waals surface area contributed by atoms with E-state index in [4.69, 9.17) is 0 Å². The summed E-state index contributed by atoms with van der Waals surface area (Å²) in [5.74, 6) is -0.0978. The van der Waals surface area contributed by atoms with Crippen LogP contribution in [0.15, 0.2) is 60.2 Å². The van der Waals surface area contributed by atoms with Gasteiger partial charge in [0.2, 0.25) is 0 Å². The number of aromatic nitrogens is 1. The van der Waals surface area contributed by atoms with Gasteiger partial charge in [-0.1, -0.05) is 18.2 Å². The third-order valence-electron chi connectivity index (χ3n) is 2.52. The van der Waals surface area contributed by atoms with Crippen LogP contribution in [0, 0.1) is 0 Å². The monoisotopic (exact) mass is 227 g/mol. The Bertz CT molecular complexity index is 498. The van der Waals surface area contributed by atoms with Crippen LogP contribution in [0.5, 0.6) is 0 Å². The molecular formula is C14H13NO2. The highest BCUT2D eigenvalue weighted by molar-refractivity contribution is 6.07. The number of carbonyl (C=O) groups is 1. The number of hydrogen-bond acceptors (Lipinski definition) is 3. The lowest BCUT2D eigenvalue weighted by Gasteiger charge is -2.06. The Morgan fingerprint density at radius 2 is 2.41 bits per heavy atom. The average Bonchev–Trinajstić information content (AvgIpc) is 2.38. The smallest absolute Gasteiger partial charge is 0.188 e. The predicted octanol–water partition coefficient (Wildman–Crippen LogP) is 2.52. The molecule has 17 heavy (non-hydrogen) atoms. The zero-order valence-electron chi connectivity index (χ0n) is 9.34. The van der Waals surface area contributed by atoms with Crippen molar-refractivity contribution in [2.45, 2.75) is 12.8 Å². The molecule has 0 atom stereocenters. The Labute approximate surface area is 99.8 Å². The highest BCUT2D eigenvalue weighted by Gasteiger charge is 2.12. The van der Waals surface area contributed by atoms with Crippen LogP contribution < -0.4 is 0 Å². The van der Waals surface area contributed by atoms with Gasteiger partial charge in [0.1, 0.15) is 5.76 Å². The molecule has 1 aliphatic rings. The summed E-state index contributed by atoms with van der Waals surface area (Å²) >= 11 is 0. The van der Waals surface area contributed by atoms with E-state index < -0.39 is 0 Å². The molecule has 1 aromatic heterocycles. The van der Waals surface area contributed by atoms with Crippen molar-refractivity contribution in [3.8, 4) is 0 Å². The Balaban J connectivity index is 2.08. The van der Waals surface area contributed by atoms with Gasteiger partial charge in [-0.3, -0.25) is 9.78 Å². The summed E-state index contributed by atoms with van der Waals surface area (Å²) < 4.78 is 0. The van der Waals surface area contributed by atoms with Crippen molar-refractivity contribution in [2.24, 2.45) is 0 Å². The van der Waals surface area contributed by atoms with Gasteiger partial charge in [0.15, 0.2) is 5.78 Å². The fourth-order valence-electron chi connectivity index (χ4n) is 1.63. The van der Waals surface area contributed by atoms with Gasteiger partial charge in [-0.15, -0.1) is 0 Å². The second-order valence-corrected chi connectivity index (χ2v) is 3.77. The van der Waals surface area contributed by atoms with Crippen molar-refractivity contribution in [3.05, 3.63) is 65.7 Å². The lowest BCUT2D eigenvalue weighted by atomic mass is 10.0. The van der Waals surface area contributed by atoms with E-state index in [1.54, 1.807) is 30.6 Å². The van der Waals surface area contributed by atoms with E-state index in [-0.39, 0.29) is 11.5 Å². The summed E-state index contributed by atoms with van der Waals surface area (Å²) in [6.07, 6.45) is 11.3. The van der Waals surface area contributed by atoms with E-state index in [0.29, 0.717) is 18.4 Å². The molecule has 1 aliphatic carbocycles. The number of aliphatic hydroxyl groups excluding tert-OH is 1. The minimum absolute atomic E-state index is 0.0446. The summed E-state index contributed by atoms with van der Waals surface area (Å²) in [5.41, 5.74) is 1.38. The molecule has 0 aliphatic heterocycles. The molecule has 0 saturated carbocycles. The third kappa shape index (κ3) is 2.91. The van der Waals surface area contributed by atoms with Crippen LogP contribution in [0.3, 0.4) is 0 Å². The number of pyridine rings is 1. The molecule has 0 radical (unpaired) electrons. The van der Waals surface area contributed by atoms with Crippen molar-refractivity contribution in [2.75, 3.05) is 0 Å². The standard InChI is InChI=1S/C14H13NO2/c16-13-6-2-1-5-12(13)14(17)8-7-11-4-3-9-15-10-11/h2-6,8-10,17H,1,7H2/b14-8+. The molecule has 1 aromatic rings. The Morgan fingerprint density at radius 1 is 1.53 bits per heavy atom. The van der Waals surface area contributed by atoms with Gasteiger partial charge >= 0.3 is 0 Å². The van der Waals surface area contributed by atoms with Crippen LogP contribution in [-0.4, -0.2) is 15.9 Å². The fourth-order valence-corrected chi connectivity index (χ4v) is 1.63. The first-order valence-electron chi connectivity index (χ1n) is 5.47. The number of allylic oxidation sites excluding steroid dienone is 5. The third-order valence-corrected chi connectivity index (χ3v) is 2.52. The highest BCUT2D eigenvalue weighted by Crippen LogP contribution is 2.15. The molecule has 0 aromatic carbocycles. The zero-order chi connectivity index (χ0) is 12.1. The maximum absolute atomic E-state index is 11.5.